The van der Waals surface area contributed by atoms with E-state index in [2.05, 4.69) is 5.32 Å². The summed E-state index contributed by atoms with van der Waals surface area (Å²) in [5, 5.41) is 2.19. The number of hydrogen-bond acceptors (Lipinski definition) is 4. The van der Waals surface area contributed by atoms with Gasteiger partial charge in [0.1, 0.15) is 0 Å². The molecule has 3 amide bonds. The fourth-order valence-corrected chi connectivity index (χ4v) is 2.72. The van der Waals surface area contributed by atoms with E-state index in [9.17, 15) is 14.4 Å². The summed E-state index contributed by atoms with van der Waals surface area (Å²) in [6, 6.07) is 0.703. The van der Waals surface area contributed by atoms with E-state index < -0.39 is 0 Å². The molecule has 0 aromatic carbocycles. The van der Waals surface area contributed by atoms with Gasteiger partial charge in [0, 0.05) is 58.4 Å². The SMILES string of the molecule is CC.CNC(=O)CCSC1CC(=O)N([C-](C)C)C1=O.[Y]. The van der Waals surface area contributed by atoms with Crippen LogP contribution in [0.5, 0.6) is 0 Å². The predicted octanol–water partition coefficient (Wildman–Crippen LogP) is 1.58. The van der Waals surface area contributed by atoms with Crippen molar-refractivity contribution in [3.8, 4) is 0 Å². The minimum Gasteiger partial charge on any atom is -0.432 e. The maximum Gasteiger partial charge on any atom is 0.220 e. The number of thioether (sulfide) groups is 1. The Morgan fingerprint density at radius 2 is 1.95 bits per heavy atom. The van der Waals surface area contributed by atoms with Crippen LogP contribution in [0.25, 0.3) is 0 Å². The molecular formula is C13H23N2O3SY-. The summed E-state index contributed by atoms with van der Waals surface area (Å²) in [5.41, 5.74) is 0. The average molecular weight is 376 g/mol. The molecule has 1 atom stereocenters. The van der Waals surface area contributed by atoms with Gasteiger partial charge in [0.05, 0.1) is 5.25 Å². The minimum atomic E-state index is -0.331. The Labute approximate surface area is 150 Å². The third kappa shape index (κ3) is 6.68. The van der Waals surface area contributed by atoms with Gasteiger partial charge in [-0.05, 0) is 0 Å². The normalized spacial score (nSPS) is 17.5. The number of nitrogens with one attached hydrogen (secondary N) is 1. The first-order valence-corrected chi connectivity index (χ1v) is 7.51. The Balaban J connectivity index is 0. The van der Waals surface area contributed by atoms with Gasteiger partial charge in [-0.25, -0.2) is 6.04 Å². The first kappa shape index (κ1) is 22.3. The molecule has 7 heteroatoms. The fraction of sp³-hybridized carbons (Fsp3) is 0.692. The second kappa shape index (κ2) is 11.7. The van der Waals surface area contributed by atoms with Gasteiger partial charge >= 0.3 is 0 Å². The molecule has 1 fully saturated rings. The van der Waals surface area contributed by atoms with Crippen LogP contribution in [-0.4, -0.2) is 40.7 Å². The second-order valence-electron chi connectivity index (χ2n) is 4.00. The van der Waals surface area contributed by atoms with Crippen LogP contribution < -0.4 is 5.32 Å². The maximum absolute atomic E-state index is 11.9. The Morgan fingerprint density at radius 1 is 1.40 bits per heavy atom. The molecule has 5 nitrogen and oxygen atoms in total. The van der Waals surface area contributed by atoms with Crippen LogP contribution in [0.3, 0.4) is 0 Å². The van der Waals surface area contributed by atoms with Crippen molar-refractivity contribution >= 4 is 29.5 Å². The summed E-state index contributed by atoms with van der Waals surface area (Å²) in [6.07, 6.45) is 0.608. The number of hydrogen-bond donors (Lipinski definition) is 1. The number of nitrogens with zero attached hydrogens (tertiary/aromatic N) is 1. The van der Waals surface area contributed by atoms with Crippen molar-refractivity contribution in [3.05, 3.63) is 6.04 Å². The van der Waals surface area contributed by atoms with Crippen LogP contribution in [-0.2, 0) is 47.1 Å². The summed E-state index contributed by atoms with van der Waals surface area (Å²) in [6.45, 7) is 7.49. The third-order valence-electron chi connectivity index (χ3n) is 2.48. The van der Waals surface area contributed by atoms with Crippen molar-refractivity contribution in [2.75, 3.05) is 12.8 Å². The van der Waals surface area contributed by atoms with Gasteiger partial charge in [-0.1, -0.05) is 13.8 Å². The Kier molecular flexibility index (Phi) is 13.1. The van der Waals surface area contributed by atoms with Crippen molar-refractivity contribution in [1.82, 2.24) is 10.2 Å². The van der Waals surface area contributed by atoms with E-state index in [-0.39, 0.29) is 62.1 Å². The zero-order valence-corrected chi connectivity index (χ0v) is 16.5. The molecular weight excluding hydrogens is 353 g/mol. The van der Waals surface area contributed by atoms with Crippen molar-refractivity contribution in [3.63, 3.8) is 0 Å². The quantitative estimate of drug-likeness (QED) is 0.585. The Bertz CT molecular complexity index is 338. The maximum atomic E-state index is 11.9. The molecule has 1 N–H and O–H groups in total. The van der Waals surface area contributed by atoms with Gasteiger partial charge in [0.15, 0.2) is 0 Å². The zero-order valence-electron chi connectivity index (χ0n) is 12.9. The van der Waals surface area contributed by atoms with Crippen LogP contribution in [0.4, 0.5) is 0 Å². The average Bonchev–Trinajstić information content (AvgIpc) is 2.66. The monoisotopic (exact) mass is 376 g/mol. The molecule has 1 aliphatic heterocycles. The minimum absolute atomic E-state index is 0. The molecule has 1 aliphatic rings. The zero-order chi connectivity index (χ0) is 15.0. The van der Waals surface area contributed by atoms with Crippen molar-refractivity contribution in [1.29, 1.82) is 0 Å². The summed E-state index contributed by atoms with van der Waals surface area (Å²) in [7, 11) is 1.58. The number of rotatable bonds is 5. The van der Waals surface area contributed by atoms with Gasteiger partial charge in [0.25, 0.3) is 0 Å². The molecule has 0 saturated carbocycles. The topological polar surface area (TPSA) is 66.5 Å². The molecule has 1 unspecified atom stereocenters. The summed E-state index contributed by atoms with van der Waals surface area (Å²) >= 11 is 1.37. The van der Waals surface area contributed by atoms with Crippen LogP contribution in [0.1, 0.15) is 40.5 Å². The summed E-state index contributed by atoms with van der Waals surface area (Å²) in [5.74, 6) is 0.202. The molecule has 0 bridgehead atoms. The molecule has 20 heavy (non-hydrogen) atoms. The molecule has 1 saturated heterocycles. The van der Waals surface area contributed by atoms with E-state index in [1.807, 2.05) is 13.8 Å². The van der Waals surface area contributed by atoms with Gasteiger partial charge in [-0.2, -0.15) is 13.8 Å². The molecule has 0 spiro atoms. The van der Waals surface area contributed by atoms with Gasteiger partial charge in [0.2, 0.25) is 17.7 Å². The summed E-state index contributed by atoms with van der Waals surface area (Å²) in [4.78, 5) is 35.7. The number of carbonyl (C=O) groups is 3. The summed E-state index contributed by atoms with van der Waals surface area (Å²) < 4.78 is 0. The van der Waals surface area contributed by atoms with Crippen molar-refractivity contribution < 1.29 is 47.1 Å². The van der Waals surface area contributed by atoms with Gasteiger partial charge in [-0.3, -0.25) is 14.4 Å². The molecule has 0 aromatic rings. The van der Waals surface area contributed by atoms with Crippen molar-refractivity contribution in [2.45, 2.75) is 45.8 Å². The second-order valence-corrected chi connectivity index (χ2v) is 5.31. The third-order valence-corrected chi connectivity index (χ3v) is 3.69. The first-order chi connectivity index (χ1) is 8.97. The molecule has 1 rings (SSSR count). The molecule has 0 aromatic heterocycles. The van der Waals surface area contributed by atoms with Crippen molar-refractivity contribution in [2.24, 2.45) is 0 Å². The Hall–Kier alpha value is 0.0639. The number of likely N-dealkylation sites (tertiary alicyclic amines) is 1. The number of imide groups is 1. The standard InChI is InChI=1S/C11H17N2O3S.C2H6.Y/c1-7(2)13-10(15)6-8(11(13)16)17-5-4-9(14)12-3;1-2;/h8H,4-6H2,1-3H3,(H,12,14);1-2H3;/q-1;;. The predicted molar refractivity (Wildman–Crippen MR) is 77.3 cm³/mol. The molecule has 113 valence electrons. The first-order valence-electron chi connectivity index (χ1n) is 6.46. The van der Waals surface area contributed by atoms with E-state index in [1.165, 1.54) is 16.7 Å². The number of amides is 3. The van der Waals surface area contributed by atoms with Crippen LogP contribution in [0, 0.1) is 6.04 Å². The molecule has 0 aliphatic carbocycles. The van der Waals surface area contributed by atoms with E-state index in [0.717, 1.165) is 0 Å². The van der Waals surface area contributed by atoms with E-state index in [4.69, 9.17) is 0 Å². The van der Waals surface area contributed by atoms with Crippen LogP contribution >= 0.6 is 11.8 Å². The smallest absolute Gasteiger partial charge is 0.220 e. The van der Waals surface area contributed by atoms with Gasteiger partial charge < -0.3 is 10.2 Å². The van der Waals surface area contributed by atoms with E-state index in [1.54, 1.807) is 20.9 Å². The van der Waals surface area contributed by atoms with E-state index in [0.29, 0.717) is 18.2 Å². The fourth-order valence-electron chi connectivity index (χ4n) is 1.62. The van der Waals surface area contributed by atoms with Crippen LogP contribution in [0.15, 0.2) is 0 Å². The van der Waals surface area contributed by atoms with Crippen LogP contribution in [0.2, 0.25) is 0 Å². The largest absolute Gasteiger partial charge is 0.432 e. The van der Waals surface area contributed by atoms with Gasteiger partial charge in [-0.15, -0.1) is 11.8 Å². The Morgan fingerprint density at radius 3 is 2.35 bits per heavy atom. The molecule has 1 radical (unpaired) electrons. The number of carbonyl (C=O) groups excluding carboxylic acids is 3. The molecule has 1 heterocycles. The van der Waals surface area contributed by atoms with E-state index >= 15 is 0 Å².